The molecule has 0 spiro atoms. The molecule has 1 aromatic carbocycles. The summed E-state index contributed by atoms with van der Waals surface area (Å²) in [5.74, 6) is -0.327. The Morgan fingerprint density at radius 1 is 1.35 bits per heavy atom. The number of rotatable bonds is 4. The maximum absolute atomic E-state index is 11.4. The van der Waals surface area contributed by atoms with Crippen molar-refractivity contribution in [2.75, 3.05) is 6.61 Å². The molecule has 0 aliphatic carbocycles. The summed E-state index contributed by atoms with van der Waals surface area (Å²) < 4.78 is 0. The van der Waals surface area contributed by atoms with E-state index in [4.69, 9.17) is 10.8 Å². The minimum atomic E-state index is -0.846. The van der Waals surface area contributed by atoms with Crippen LogP contribution >= 0.6 is 0 Å². The number of carbonyl (C=O) groups is 1. The average Bonchev–Trinajstić information content (AvgIpc) is 2.26. The molecule has 0 radical (unpaired) electrons. The second kappa shape index (κ2) is 5.80. The highest BCUT2D eigenvalue weighted by atomic mass is 16.3. The third-order valence-corrected chi connectivity index (χ3v) is 2.81. The van der Waals surface area contributed by atoms with Crippen molar-refractivity contribution in [3.63, 3.8) is 0 Å². The summed E-state index contributed by atoms with van der Waals surface area (Å²) in [5.41, 5.74) is 10.0. The number of aliphatic hydroxyl groups excluding tert-OH is 1. The van der Waals surface area contributed by atoms with Gasteiger partial charge in [0.2, 0.25) is 5.91 Å². The standard InChI is InChI=1S/C13H20N2O2/c1-8-4-9(2)11(10(3)5-8)6-15-13(17)12(14)7-16/h4-5,12,16H,6-7,14H2,1-3H3,(H,15,17). The fourth-order valence-corrected chi connectivity index (χ4v) is 1.88. The molecule has 0 bridgehead atoms. The number of nitrogens with two attached hydrogens (primary N) is 1. The normalized spacial score (nSPS) is 12.3. The van der Waals surface area contributed by atoms with Gasteiger partial charge in [0.05, 0.1) is 6.61 Å². The van der Waals surface area contributed by atoms with Gasteiger partial charge < -0.3 is 16.2 Å². The summed E-state index contributed by atoms with van der Waals surface area (Å²) in [6.07, 6.45) is 0. The SMILES string of the molecule is Cc1cc(C)c(CNC(=O)C(N)CO)c(C)c1. The number of aliphatic hydroxyl groups is 1. The number of nitrogens with one attached hydrogen (secondary N) is 1. The molecule has 0 saturated heterocycles. The van der Waals surface area contributed by atoms with Gasteiger partial charge >= 0.3 is 0 Å². The fraction of sp³-hybridized carbons (Fsp3) is 0.462. The Kier molecular flexibility index (Phi) is 4.66. The van der Waals surface area contributed by atoms with Gasteiger partial charge in [-0.15, -0.1) is 0 Å². The first-order valence-corrected chi connectivity index (χ1v) is 5.66. The Bertz CT molecular complexity index is 393. The van der Waals surface area contributed by atoms with Crippen molar-refractivity contribution in [2.24, 2.45) is 5.73 Å². The highest BCUT2D eigenvalue weighted by Gasteiger charge is 2.12. The summed E-state index contributed by atoms with van der Waals surface area (Å²) in [4.78, 5) is 11.4. The Hall–Kier alpha value is -1.39. The summed E-state index contributed by atoms with van der Waals surface area (Å²) in [7, 11) is 0. The van der Waals surface area contributed by atoms with Gasteiger partial charge in [0.1, 0.15) is 6.04 Å². The van der Waals surface area contributed by atoms with Gasteiger partial charge in [-0.3, -0.25) is 4.79 Å². The number of aryl methyl sites for hydroxylation is 3. The van der Waals surface area contributed by atoms with Gasteiger partial charge in [0.15, 0.2) is 0 Å². The zero-order chi connectivity index (χ0) is 13.0. The van der Waals surface area contributed by atoms with E-state index in [9.17, 15) is 4.79 Å². The minimum absolute atomic E-state index is 0.327. The van der Waals surface area contributed by atoms with E-state index in [0.29, 0.717) is 6.54 Å². The second-order valence-corrected chi connectivity index (χ2v) is 4.38. The Balaban J connectivity index is 2.73. The molecule has 0 fully saturated rings. The van der Waals surface area contributed by atoms with Gasteiger partial charge in [-0.2, -0.15) is 0 Å². The third kappa shape index (κ3) is 3.54. The zero-order valence-corrected chi connectivity index (χ0v) is 10.6. The van der Waals surface area contributed by atoms with Crippen LogP contribution in [0.4, 0.5) is 0 Å². The summed E-state index contributed by atoms with van der Waals surface area (Å²) in [6.45, 7) is 6.20. The predicted octanol–water partition coefficient (Wildman–Crippen LogP) is 0.548. The van der Waals surface area contributed by atoms with E-state index in [0.717, 1.165) is 16.7 Å². The lowest BCUT2D eigenvalue weighted by atomic mass is 10.00. The molecule has 0 saturated carbocycles. The van der Waals surface area contributed by atoms with Crippen LogP contribution in [0.3, 0.4) is 0 Å². The molecule has 1 rings (SSSR count). The Labute approximate surface area is 102 Å². The van der Waals surface area contributed by atoms with Crippen LogP contribution in [-0.2, 0) is 11.3 Å². The molecule has 1 amide bonds. The van der Waals surface area contributed by atoms with Crippen molar-refractivity contribution in [3.8, 4) is 0 Å². The molecule has 0 aliphatic heterocycles. The maximum atomic E-state index is 11.4. The van der Waals surface area contributed by atoms with E-state index < -0.39 is 6.04 Å². The quantitative estimate of drug-likeness (QED) is 0.714. The van der Waals surface area contributed by atoms with Crippen LogP contribution in [0.1, 0.15) is 22.3 Å². The van der Waals surface area contributed by atoms with Crippen LogP contribution in [0.5, 0.6) is 0 Å². The van der Waals surface area contributed by atoms with Crippen molar-refractivity contribution in [1.29, 1.82) is 0 Å². The number of carbonyl (C=O) groups excluding carboxylic acids is 1. The first-order valence-electron chi connectivity index (χ1n) is 5.66. The molecule has 4 N–H and O–H groups in total. The molecule has 0 aromatic heterocycles. The molecule has 1 unspecified atom stereocenters. The Morgan fingerprint density at radius 3 is 2.35 bits per heavy atom. The summed E-state index contributed by atoms with van der Waals surface area (Å²) in [5, 5.41) is 11.5. The molecular weight excluding hydrogens is 216 g/mol. The predicted molar refractivity (Wildman–Crippen MR) is 67.6 cm³/mol. The Morgan fingerprint density at radius 2 is 1.88 bits per heavy atom. The van der Waals surface area contributed by atoms with Gasteiger partial charge in [-0.1, -0.05) is 17.7 Å². The van der Waals surface area contributed by atoms with E-state index in [1.54, 1.807) is 0 Å². The van der Waals surface area contributed by atoms with Crippen molar-refractivity contribution in [1.82, 2.24) is 5.32 Å². The molecule has 1 atom stereocenters. The van der Waals surface area contributed by atoms with Crippen LogP contribution in [0.2, 0.25) is 0 Å². The molecule has 94 valence electrons. The lowest BCUT2D eigenvalue weighted by Crippen LogP contribution is -2.42. The molecule has 0 heterocycles. The molecular formula is C13H20N2O2. The van der Waals surface area contributed by atoms with E-state index >= 15 is 0 Å². The third-order valence-electron chi connectivity index (χ3n) is 2.81. The van der Waals surface area contributed by atoms with Crippen molar-refractivity contribution in [3.05, 3.63) is 34.4 Å². The molecule has 4 heteroatoms. The van der Waals surface area contributed by atoms with Gasteiger partial charge in [-0.25, -0.2) is 0 Å². The van der Waals surface area contributed by atoms with E-state index in [1.807, 2.05) is 20.8 Å². The zero-order valence-electron chi connectivity index (χ0n) is 10.6. The number of amides is 1. The number of hydrogen-bond acceptors (Lipinski definition) is 3. The fourth-order valence-electron chi connectivity index (χ4n) is 1.88. The largest absolute Gasteiger partial charge is 0.394 e. The van der Waals surface area contributed by atoms with Crippen molar-refractivity contribution in [2.45, 2.75) is 33.4 Å². The van der Waals surface area contributed by atoms with Gasteiger partial charge in [-0.05, 0) is 37.5 Å². The van der Waals surface area contributed by atoms with E-state index in [-0.39, 0.29) is 12.5 Å². The van der Waals surface area contributed by atoms with Crippen LogP contribution in [0, 0.1) is 20.8 Å². The topological polar surface area (TPSA) is 75.4 Å². The first kappa shape index (κ1) is 13.7. The van der Waals surface area contributed by atoms with Crippen LogP contribution in [0.15, 0.2) is 12.1 Å². The van der Waals surface area contributed by atoms with Gasteiger partial charge in [0, 0.05) is 6.54 Å². The monoisotopic (exact) mass is 236 g/mol. The van der Waals surface area contributed by atoms with Crippen molar-refractivity contribution < 1.29 is 9.90 Å². The molecule has 1 aromatic rings. The summed E-state index contributed by atoms with van der Waals surface area (Å²) >= 11 is 0. The second-order valence-electron chi connectivity index (χ2n) is 4.38. The molecule has 4 nitrogen and oxygen atoms in total. The average molecular weight is 236 g/mol. The summed E-state index contributed by atoms with van der Waals surface area (Å²) in [6, 6.07) is 3.32. The van der Waals surface area contributed by atoms with Crippen molar-refractivity contribution >= 4 is 5.91 Å². The lowest BCUT2D eigenvalue weighted by molar-refractivity contribution is -0.123. The number of benzene rings is 1. The molecule has 17 heavy (non-hydrogen) atoms. The first-order chi connectivity index (χ1) is 7.95. The van der Waals surface area contributed by atoms with Crippen LogP contribution < -0.4 is 11.1 Å². The van der Waals surface area contributed by atoms with Crippen LogP contribution in [-0.4, -0.2) is 23.7 Å². The molecule has 0 aliphatic rings. The maximum Gasteiger partial charge on any atom is 0.239 e. The minimum Gasteiger partial charge on any atom is -0.394 e. The lowest BCUT2D eigenvalue weighted by Gasteiger charge is -2.14. The highest BCUT2D eigenvalue weighted by Crippen LogP contribution is 2.15. The van der Waals surface area contributed by atoms with E-state index in [1.165, 1.54) is 5.56 Å². The number of hydrogen-bond donors (Lipinski definition) is 3. The van der Waals surface area contributed by atoms with E-state index in [2.05, 4.69) is 17.4 Å². The smallest absolute Gasteiger partial charge is 0.239 e. The highest BCUT2D eigenvalue weighted by molar-refractivity contribution is 5.81. The van der Waals surface area contributed by atoms with Crippen LogP contribution in [0.25, 0.3) is 0 Å². The van der Waals surface area contributed by atoms with Gasteiger partial charge in [0.25, 0.3) is 0 Å².